The van der Waals surface area contributed by atoms with Crippen molar-refractivity contribution in [1.82, 2.24) is 0 Å². The minimum absolute atomic E-state index is 0.202. The Morgan fingerprint density at radius 3 is 2.04 bits per heavy atom. The van der Waals surface area contributed by atoms with Gasteiger partial charge in [0.2, 0.25) is 0 Å². The molecule has 2 aromatic carbocycles. The summed E-state index contributed by atoms with van der Waals surface area (Å²) in [6.07, 6.45) is 1.82. The number of hydrogen-bond acceptors (Lipinski definition) is 1. The van der Waals surface area contributed by atoms with Crippen molar-refractivity contribution < 1.29 is 4.65 Å². The summed E-state index contributed by atoms with van der Waals surface area (Å²) in [6.45, 7) is 14.5. The fraction of sp³-hybridized carbons (Fsp3) is 0.300. The third kappa shape index (κ3) is 6.42. The number of para-hydroxylation sites is 1. The molecule has 0 saturated carbocycles. The summed E-state index contributed by atoms with van der Waals surface area (Å²) in [6, 6.07) is 14.3. The summed E-state index contributed by atoms with van der Waals surface area (Å²) in [5, 5.41) is 0. The minimum atomic E-state index is 0.202. The molecular weight excluding hydrogens is 394 g/mol. The maximum atomic E-state index is 5.81. The van der Waals surface area contributed by atoms with E-state index in [4.69, 9.17) is 4.65 Å². The molecule has 1 nitrogen and oxygen atoms in total. The van der Waals surface area contributed by atoms with Crippen molar-refractivity contribution in [2.24, 2.45) is 0 Å². The van der Waals surface area contributed by atoms with Crippen molar-refractivity contribution in [2.45, 2.75) is 40.4 Å². The molecule has 3 heteroatoms. The highest BCUT2D eigenvalue weighted by Crippen LogP contribution is 2.24. The van der Waals surface area contributed by atoms with Crippen LogP contribution in [0.25, 0.3) is 6.08 Å². The van der Waals surface area contributed by atoms with Crippen LogP contribution in [-0.2, 0) is 0 Å². The van der Waals surface area contributed by atoms with Gasteiger partial charge in [0.15, 0.2) is 0 Å². The average molecular weight is 420 g/mol. The second-order valence-electron chi connectivity index (χ2n) is 5.97. The SMILES string of the molecule is C=Cc1ccccc1OB(I)C(C)C.Cc1cccc(C)c1C. The Morgan fingerprint density at radius 2 is 1.57 bits per heavy atom. The Morgan fingerprint density at radius 1 is 1.00 bits per heavy atom. The van der Waals surface area contributed by atoms with Crippen LogP contribution in [-0.4, -0.2) is 4.77 Å². The Kier molecular flexibility index (Phi) is 8.46. The lowest BCUT2D eigenvalue weighted by atomic mass is 9.83. The lowest BCUT2D eigenvalue weighted by Gasteiger charge is -2.14. The first kappa shape index (κ1) is 19.8. The van der Waals surface area contributed by atoms with E-state index in [1.165, 1.54) is 16.7 Å². The topological polar surface area (TPSA) is 9.23 Å². The highest BCUT2D eigenvalue weighted by atomic mass is 127. The molecule has 0 heterocycles. The predicted octanol–water partition coefficient (Wildman–Crippen LogP) is 6.65. The highest BCUT2D eigenvalue weighted by molar-refractivity contribution is 14.1. The lowest BCUT2D eigenvalue weighted by molar-refractivity contribution is 0.576. The lowest BCUT2D eigenvalue weighted by Crippen LogP contribution is -2.17. The molecule has 2 aromatic rings. The second-order valence-corrected chi connectivity index (χ2v) is 7.20. The van der Waals surface area contributed by atoms with Gasteiger partial charge >= 0.3 is 4.77 Å². The molecule has 0 amide bonds. The summed E-state index contributed by atoms with van der Waals surface area (Å²) in [5.41, 5.74) is 5.23. The molecule has 2 rings (SSSR count). The van der Waals surface area contributed by atoms with Crippen molar-refractivity contribution in [1.29, 1.82) is 0 Å². The smallest absolute Gasteiger partial charge is 0.431 e. The number of benzene rings is 2. The van der Waals surface area contributed by atoms with Gasteiger partial charge in [-0.2, -0.15) is 0 Å². The van der Waals surface area contributed by atoms with E-state index in [1.54, 1.807) is 0 Å². The van der Waals surface area contributed by atoms with Crippen molar-refractivity contribution in [3.05, 3.63) is 71.3 Å². The monoisotopic (exact) mass is 420 g/mol. The molecule has 122 valence electrons. The summed E-state index contributed by atoms with van der Waals surface area (Å²) < 4.78 is 6.02. The van der Waals surface area contributed by atoms with Gasteiger partial charge < -0.3 is 4.65 Å². The van der Waals surface area contributed by atoms with Gasteiger partial charge in [0, 0.05) is 5.56 Å². The molecule has 0 fully saturated rings. The molecule has 0 aliphatic carbocycles. The third-order valence-corrected chi connectivity index (χ3v) is 5.47. The quantitative estimate of drug-likeness (QED) is 0.398. The van der Waals surface area contributed by atoms with Crippen LogP contribution in [0.4, 0.5) is 0 Å². The van der Waals surface area contributed by atoms with Crippen LogP contribution in [0, 0.1) is 20.8 Å². The van der Waals surface area contributed by atoms with Crippen molar-refractivity contribution in [2.75, 3.05) is 0 Å². The number of rotatable bonds is 4. The number of hydrogen-bond donors (Lipinski definition) is 0. The Balaban J connectivity index is 0.000000253. The maximum Gasteiger partial charge on any atom is 0.431 e. The third-order valence-electron chi connectivity index (χ3n) is 3.78. The molecule has 0 aliphatic heterocycles. The summed E-state index contributed by atoms with van der Waals surface area (Å²) in [4.78, 5) is 0. The Labute approximate surface area is 155 Å². The van der Waals surface area contributed by atoms with Gasteiger partial charge in [0.05, 0.1) is 0 Å². The Hall–Kier alpha value is -1.23. The van der Waals surface area contributed by atoms with E-state index >= 15 is 0 Å². The predicted molar refractivity (Wildman–Crippen MR) is 113 cm³/mol. The average Bonchev–Trinajstić information content (AvgIpc) is 2.53. The van der Waals surface area contributed by atoms with Gasteiger partial charge in [0.25, 0.3) is 0 Å². The molecule has 0 radical (unpaired) electrons. The van der Waals surface area contributed by atoms with Gasteiger partial charge in [-0.3, -0.25) is 0 Å². The molecule has 0 unspecified atom stereocenters. The van der Waals surface area contributed by atoms with Gasteiger partial charge in [0.1, 0.15) is 5.75 Å². The zero-order chi connectivity index (χ0) is 17.4. The first-order chi connectivity index (χ1) is 10.9. The van der Waals surface area contributed by atoms with E-state index in [1.807, 2.05) is 30.3 Å². The van der Waals surface area contributed by atoms with Crippen LogP contribution >= 0.6 is 22.4 Å². The fourth-order valence-electron chi connectivity index (χ4n) is 1.91. The molecule has 0 bridgehead atoms. The number of aryl methyl sites for hydroxylation is 2. The van der Waals surface area contributed by atoms with E-state index in [2.05, 4.69) is 81.8 Å². The molecule has 23 heavy (non-hydrogen) atoms. The standard InChI is InChI=1S/C11H14BIO.C9H12/c1-4-10-7-5-6-8-11(10)14-12(13)9(2)3;1-7-5-4-6-8(2)9(7)3/h4-9H,1H2,2-3H3;4-6H,1-3H3. The summed E-state index contributed by atoms with van der Waals surface area (Å²) in [5.74, 6) is 1.42. The van der Waals surface area contributed by atoms with Crippen LogP contribution < -0.4 is 4.65 Å². The zero-order valence-corrected chi connectivity index (χ0v) is 16.9. The van der Waals surface area contributed by atoms with Gasteiger partial charge in [-0.25, -0.2) is 0 Å². The molecule has 0 spiro atoms. The normalized spacial score (nSPS) is 9.87. The highest BCUT2D eigenvalue weighted by Gasteiger charge is 2.18. The second kappa shape index (κ2) is 9.81. The van der Waals surface area contributed by atoms with E-state index in [-0.39, 0.29) is 4.77 Å². The van der Waals surface area contributed by atoms with Crippen LogP contribution in [0.2, 0.25) is 5.82 Å². The largest absolute Gasteiger partial charge is 0.550 e. The van der Waals surface area contributed by atoms with E-state index in [0.29, 0.717) is 5.82 Å². The Bertz CT molecular complexity index is 617. The van der Waals surface area contributed by atoms with Crippen LogP contribution in [0.5, 0.6) is 5.75 Å². The maximum absolute atomic E-state index is 5.81. The van der Waals surface area contributed by atoms with Crippen LogP contribution in [0.15, 0.2) is 49.0 Å². The van der Waals surface area contributed by atoms with Crippen molar-refractivity contribution >= 4 is 33.2 Å². The van der Waals surface area contributed by atoms with Crippen molar-refractivity contribution in [3.63, 3.8) is 0 Å². The van der Waals surface area contributed by atoms with Crippen LogP contribution in [0.1, 0.15) is 36.1 Å². The summed E-state index contributed by atoms with van der Waals surface area (Å²) >= 11 is 2.31. The summed E-state index contributed by atoms with van der Waals surface area (Å²) in [7, 11) is 0. The van der Waals surface area contributed by atoms with Gasteiger partial charge in [-0.15, -0.1) is 0 Å². The van der Waals surface area contributed by atoms with Crippen molar-refractivity contribution in [3.8, 4) is 5.75 Å². The van der Waals surface area contributed by atoms with E-state index in [0.717, 1.165) is 11.3 Å². The molecule has 0 N–H and O–H groups in total. The van der Waals surface area contributed by atoms with E-state index < -0.39 is 0 Å². The first-order valence-corrected chi connectivity index (χ1v) is 9.16. The zero-order valence-electron chi connectivity index (χ0n) is 14.8. The molecule has 0 atom stereocenters. The van der Waals surface area contributed by atoms with Gasteiger partial charge in [-0.05, 0) is 49.3 Å². The number of halogens is 1. The molecule has 0 aliphatic rings. The molecular formula is C20H26BIO. The fourth-order valence-corrected chi connectivity index (χ4v) is 2.19. The van der Waals surface area contributed by atoms with Crippen LogP contribution in [0.3, 0.4) is 0 Å². The molecule has 0 aromatic heterocycles. The van der Waals surface area contributed by atoms with Gasteiger partial charge in [-0.1, -0.05) is 85.3 Å². The first-order valence-electron chi connectivity index (χ1n) is 7.91. The van der Waals surface area contributed by atoms with E-state index in [9.17, 15) is 0 Å². The molecule has 0 saturated heterocycles. The minimum Gasteiger partial charge on any atom is -0.550 e.